The van der Waals surface area contributed by atoms with Crippen LogP contribution < -0.4 is 10.5 Å². The summed E-state index contributed by atoms with van der Waals surface area (Å²) in [5.74, 6) is 0.893. The molecule has 1 aliphatic carbocycles. The first-order valence-corrected chi connectivity index (χ1v) is 8.08. The molecule has 1 fully saturated rings. The SMILES string of the molecule is CCOc1ccccc1-c1csc(C2(N)CCCC2)n1. The molecule has 1 aliphatic rings. The molecular weight excluding hydrogens is 268 g/mol. The van der Waals surface area contributed by atoms with E-state index in [1.165, 1.54) is 12.8 Å². The third kappa shape index (κ3) is 2.45. The number of benzene rings is 1. The average Bonchev–Trinajstić information content (AvgIpc) is 3.09. The van der Waals surface area contributed by atoms with Gasteiger partial charge in [0.05, 0.1) is 17.8 Å². The zero-order valence-electron chi connectivity index (χ0n) is 11.8. The zero-order valence-corrected chi connectivity index (χ0v) is 12.6. The summed E-state index contributed by atoms with van der Waals surface area (Å²) in [6, 6.07) is 8.06. The second kappa shape index (κ2) is 5.54. The standard InChI is InChI=1S/C16H20N2OS/c1-2-19-14-8-4-3-7-12(14)13-11-20-15(18-13)16(17)9-5-6-10-16/h3-4,7-8,11H,2,5-6,9-10,17H2,1H3. The fourth-order valence-corrected chi connectivity index (χ4v) is 3.80. The highest BCUT2D eigenvalue weighted by Gasteiger charge is 2.34. The lowest BCUT2D eigenvalue weighted by molar-refractivity contribution is 0.341. The smallest absolute Gasteiger partial charge is 0.128 e. The van der Waals surface area contributed by atoms with Crippen molar-refractivity contribution in [2.45, 2.75) is 38.1 Å². The minimum Gasteiger partial charge on any atom is -0.493 e. The molecule has 4 heteroatoms. The van der Waals surface area contributed by atoms with Gasteiger partial charge in [0, 0.05) is 10.9 Å². The third-order valence-corrected chi connectivity index (χ3v) is 4.95. The molecule has 1 aromatic carbocycles. The van der Waals surface area contributed by atoms with Gasteiger partial charge >= 0.3 is 0 Å². The molecule has 3 nitrogen and oxygen atoms in total. The molecule has 0 bridgehead atoms. The van der Waals surface area contributed by atoms with Crippen molar-refractivity contribution in [3.05, 3.63) is 34.7 Å². The Morgan fingerprint density at radius 2 is 2.05 bits per heavy atom. The summed E-state index contributed by atoms with van der Waals surface area (Å²) in [5.41, 5.74) is 8.31. The monoisotopic (exact) mass is 288 g/mol. The van der Waals surface area contributed by atoms with Crippen LogP contribution >= 0.6 is 11.3 Å². The minimum absolute atomic E-state index is 0.205. The van der Waals surface area contributed by atoms with Crippen molar-refractivity contribution in [3.63, 3.8) is 0 Å². The van der Waals surface area contributed by atoms with E-state index in [4.69, 9.17) is 15.5 Å². The number of hydrogen-bond donors (Lipinski definition) is 1. The molecule has 0 aliphatic heterocycles. The number of nitrogens with two attached hydrogens (primary N) is 1. The molecule has 0 amide bonds. The van der Waals surface area contributed by atoms with Gasteiger partial charge in [-0.05, 0) is 31.9 Å². The Morgan fingerprint density at radius 1 is 1.30 bits per heavy atom. The molecule has 2 aromatic rings. The Morgan fingerprint density at radius 3 is 2.80 bits per heavy atom. The van der Waals surface area contributed by atoms with Crippen molar-refractivity contribution < 1.29 is 4.74 Å². The van der Waals surface area contributed by atoms with Crippen molar-refractivity contribution in [2.75, 3.05) is 6.61 Å². The fraction of sp³-hybridized carbons (Fsp3) is 0.438. The van der Waals surface area contributed by atoms with Gasteiger partial charge in [0.25, 0.3) is 0 Å². The van der Waals surface area contributed by atoms with E-state index in [1.807, 2.05) is 25.1 Å². The summed E-state index contributed by atoms with van der Waals surface area (Å²) in [6.07, 6.45) is 4.52. The van der Waals surface area contributed by atoms with Gasteiger partial charge in [-0.3, -0.25) is 0 Å². The van der Waals surface area contributed by atoms with Gasteiger partial charge in [-0.1, -0.05) is 25.0 Å². The van der Waals surface area contributed by atoms with E-state index in [2.05, 4.69) is 11.4 Å². The van der Waals surface area contributed by atoms with Crippen molar-refractivity contribution in [1.29, 1.82) is 0 Å². The first-order chi connectivity index (χ1) is 9.73. The summed E-state index contributed by atoms with van der Waals surface area (Å²) in [6.45, 7) is 2.66. The van der Waals surface area contributed by atoms with Gasteiger partial charge < -0.3 is 10.5 Å². The average molecular weight is 288 g/mol. The number of para-hydroxylation sites is 1. The maximum Gasteiger partial charge on any atom is 0.128 e. The minimum atomic E-state index is -0.205. The van der Waals surface area contributed by atoms with Crippen LogP contribution in [0.2, 0.25) is 0 Å². The number of thiazole rings is 1. The maximum atomic E-state index is 6.49. The van der Waals surface area contributed by atoms with Crippen LogP contribution in [0.1, 0.15) is 37.6 Å². The van der Waals surface area contributed by atoms with Gasteiger partial charge in [0.15, 0.2) is 0 Å². The largest absolute Gasteiger partial charge is 0.493 e. The van der Waals surface area contributed by atoms with Crippen molar-refractivity contribution in [1.82, 2.24) is 4.98 Å². The van der Waals surface area contributed by atoms with Crippen LogP contribution in [0, 0.1) is 0 Å². The van der Waals surface area contributed by atoms with Crippen molar-refractivity contribution in [3.8, 4) is 17.0 Å². The molecule has 0 unspecified atom stereocenters. The summed E-state index contributed by atoms with van der Waals surface area (Å²) >= 11 is 1.68. The molecule has 1 aromatic heterocycles. The molecule has 2 N–H and O–H groups in total. The van der Waals surface area contributed by atoms with Gasteiger partial charge in [-0.25, -0.2) is 4.98 Å². The van der Waals surface area contributed by atoms with Crippen LogP contribution in [0.25, 0.3) is 11.3 Å². The molecule has 106 valence electrons. The Hall–Kier alpha value is -1.39. The van der Waals surface area contributed by atoms with E-state index < -0.39 is 0 Å². The van der Waals surface area contributed by atoms with Gasteiger partial charge in [-0.15, -0.1) is 11.3 Å². The Kier molecular flexibility index (Phi) is 3.76. The summed E-state index contributed by atoms with van der Waals surface area (Å²) in [7, 11) is 0. The number of nitrogens with zero attached hydrogens (tertiary/aromatic N) is 1. The Bertz CT molecular complexity index is 588. The van der Waals surface area contributed by atoms with E-state index >= 15 is 0 Å². The van der Waals surface area contributed by atoms with Crippen LogP contribution in [-0.2, 0) is 5.54 Å². The third-order valence-electron chi connectivity index (χ3n) is 3.89. The molecule has 0 radical (unpaired) electrons. The second-order valence-corrected chi connectivity index (χ2v) is 6.19. The molecule has 20 heavy (non-hydrogen) atoms. The quantitative estimate of drug-likeness (QED) is 0.927. The Labute approximate surface area is 123 Å². The van der Waals surface area contributed by atoms with E-state index in [1.54, 1.807) is 11.3 Å². The summed E-state index contributed by atoms with van der Waals surface area (Å²) in [5, 5.41) is 3.16. The topological polar surface area (TPSA) is 48.1 Å². The lowest BCUT2D eigenvalue weighted by Crippen LogP contribution is -2.32. The van der Waals surface area contributed by atoms with Crippen molar-refractivity contribution >= 4 is 11.3 Å². The maximum absolute atomic E-state index is 6.49. The molecule has 1 saturated carbocycles. The lowest BCUT2D eigenvalue weighted by Gasteiger charge is -2.19. The molecule has 0 atom stereocenters. The lowest BCUT2D eigenvalue weighted by atomic mass is 10.0. The molecule has 0 spiro atoms. The van der Waals surface area contributed by atoms with Gasteiger partial charge in [0.1, 0.15) is 10.8 Å². The molecule has 1 heterocycles. The van der Waals surface area contributed by atoms with Gasteiger partial charge in [-0.2, -0.15) is 0 Å². The first kappa shape index (κ1) is 13.6. The van der Waals surface area contributed by atoms with Crippen LogP contribution in [0.4, 0.5) is 0 Å². The second-order valence-electron chi connectivity index (χ2n) is 5.33. The highest BCUT2D eigenvalue weighted by molar-refractivity contribution is 7.10. The number of hydrogen-bond acceptors (Lipinski definition) is 4. The molecule has 0 saturated heterocycles. The highest BCUT2D eigenvalue weighted by atomic mass is 32.1. The first-order valence-electron chi connectivity index (χ1n) is 7.20. The van der Waals surface area contributed by atoms with E-state index in [0.29, 0.717) is 6.61 Å². The Balaban J connectivity index is 1.94. The van der Waals surface area contributed by atoms with Crippen LogP contribution in [-0.4, -0.2) is 11.6 Å². The predicted molar refractivity (Wildman–Crippen MR) is 83.1 cm³/mol. The van der Waals surface area contributed by atoms with E-state index in [9.17, 15) is 0 Å². The number of rotatable bonds is 4. The summed E-state index contributed by atoms with van der Waals surface area (Å²) in [4.78, 5) is 4.79. The van der Waals surface area contributed by atoms with E-state index in [0.717, 1.165) is 34.9 Å². The van der Waals surface area contributed by atoms with Gasteiger partial charge in [0.2, 0.25) is 0 Å². The molecular formula is C16H20N2OS. The highest BCUT2D eigenvalue weighted by Crippen LogP contribution is 2.40. The fourth-order valence-electron chi connectivity index (χ4n) is 2.81. The van der Waals surface area contributed by atoms with Crippen molar-refractivity contribution in [2.24, 2.45) is 5.73 Å². The summed E-state index contributed by atoms with van der Waals surface area (Å²) < 4.78 is 5.68. The van der Waals surface area contributed by atoms with Crippen LogP contribution in [0.5, 0.6) is 5.75 Å². The van der Waals surface area contributed by atoms with Crippen LogP contribution in [0.15, 0.2) is 29.6 Å². The number of aromatic nitrogens is 1. The zero-order chi connectivity index (χ0) is 14.0. The molecule has 3 rings (SSSR count). The van der Waals surface area contributed by atoms with Crippen LogP contribution in [0.3, 0.4) is 0 Å². The number of ether oxygens (including phenoxy) is 1. The predicted octanol–water partition coefficient (Wildman–Crippen LogP) is 3.94. The normalized spacial score (nSPS) is 17.3. The van der Waals surface area contributed by atoms with E-state index in [-0.39, 0.29) is 5.54 Å².